The molecule has 0 radical (unpaired) electrons. The Hall–Kier alpha value is -2.21. The molecule has 0 aliphatic carbocycles. The lowest BCUT2D eigenvalue weighted by molar-refractivity contribution is -0.134. The monoisotopic (exact) mass is 346 g/mol. The average molecular weight is 346 g/mol. The average Bonchev–Trinajstić information content (AvgIpc) is 2.90. The molecule has 0 saturated heterocycles. The highest BCUT2D eigenvalue weighted by molar-refractivity contribution is 7.09. The molecule has 0 aliphatic rings. The zero-order chi connectivity index (χ0) is 17.7. The number of carbonyl (C=O) groups is 2. The molecule has 2 aromatic rings. The number of esters is 1. The minimum absolute atomic E-state index is 0.151. The van der Waals surface area contributed by atoms with Gasteiger partial charge in [-0.3, -0.25) is 9.59 Å². The van der Waals surface area contributed by atoms with Gasteiger partial charge in [-0.15, -0.1) is 0 Å². The van der Waals surface area contributed by atoms with E-state index in [-0.39, 0.29) is 24.2 Å². The van der Waals surface area contributed by atoms with E-state index < -0.39 is 0 Å². The summed E-state index contributed by atoms with van der Waals surface area (Å²) in [6.07, 6.45) is 1.51. The third-order valence-corrected chi connectivity index (χ3v) is 4.50. The van der Waals surface area contributed by atoms with Crippen LogP contribution in [0, 0.1) is 6.92 Å². The van der Waals surface area contributed by atoms with Gasteiger partial charge in [0.05, 0.1) is 10.6 Å². The molecule has 0 atom stereocenters. The zero-order valence-electron chi connectivity index (χ0n) is 14.5. The van der Waals surface area contributed by atoms with Crippen molar-refractivity contribution in [1.82, 2.24) is 4.57 Å². The van der Waals surface area contributed by atoms with Crippen LogP contribution in [0.4, 0.5) is 5.69 Å². The maximum Gasteiger partial charge on any atom is 0.312 e. The van der Waals surface area contributed by atoms with Crippen molar-refractivity contribution < 1.29 is 14.3 Å². The number of aryl methyl sites for hydroxylation is 2. The van der Waals surface area contributed by atoms with Gasteiger partial charge in [0, 0.05) is 12.8 Å². The Balaban J connectivity index is 2.55. The van der Waals surface area contributed by atoms with E-state index in [1.807, 2.05) is 31.2 Å². The largest absolute Gasteiger partial charge is 0.408 e. The Morgan fingerprint density at radius 1 is 1.12 bits per heavy atom. The molecule has 128 valence electrons. The standard InChI is InChI=1S/C18H22N2O3S/c1-5-13-8-10-14(11-9-13)19-18-20(15(21)6-2)17(12(4)24-18)23-16(22)7-3/h8-11H,5-7H2,1-4H3. The third-order valence-electron chi connectivity index (χ3n) is 3.56. The van der Waals surface area contributed by atoms with E-state index in [9.17, 15) is 9.59 Å². The van der Waals surface area contributed by atoms with E-state index >= 15 is 0 Å². The van der Waals surface area contributed by atoms with E-state index in [0.717, 1.165) is 17.0 Å². The molecule has 0 spiro atoms. The van der Waals surface area contributed by atoms with Crippen molar-refractivity contribution in [3.05, 3.63) is 39.5 Å². The fraction of sp³-hybridized carbons (Fsp3) is 0.389. The summed E-state index contributed by atoms with van der Waals surface area (Å²) < 4.78 is 6.76. The molecule has 1 heterocycles. The number of benzene rings is 1. The molecule has 0 N–H and O–H groups in total. The molecule has 24 heavy (non-hydrogen) atoms. The van der Waals surface area contributed by atoms with Crippen LogP contribution in [-0.4, -0.2) is 16.4 Å². The molecule has 1 aromatic heterocycles. The Kier molecular flexibility index (Phi) is 6.09. The lowest BCUT2D eigenvalue weighted by atomic mass is 10.2. The summed E-state index contributed by atoms with van der Waals surface area (Å²) in [5.74, 6) is -0.239. The smallest absolute Gasteiger partial charge is 0.312 e. The zero-order valence-corrected chi connectivity index (χ0v) is 15.3. The number of ether oxygens (including phenoxy) is 1. The second kappa shape index (κ2) is 8.06. The minimum atomic E-state index is -0.368. The summed E-state index contributed by atoms with van der Waals surface area (Å²) in [4.78, 5) is 29.8. The van der Waals surface area contributed by atoms with E-state index in [4.69, 9.17) is 4.74 Å². The molecular weight excluding hydrogens is 324 g/mol. The molecular formula is C18H22N2O3S. The van der Waals surface area contributed by atoms with Crippen LogP contribution in [0.15, 0.2) is 29.3 Å². The van der Waals surface area contributed by atoms with Crippen LogP contribution >= 0.6 is 11.3 Å². The Morgan fingerprint density at radius 2 is 1.79 bits per heavy atom. The van der Waals surface area contributed by atoms with Gasteiger partial charge in [-0.2, -0.15) is 0 Å². The molecule has 0 bridgehead atoms. The predicted molar refractivity (Wildman–Crippen MR) is 94.9 cm³/mol. The molecule has 0 aliphatic heterocycles. The van der Waals surface area contributed by atoms with Gasteiger partial charge in [0.1, 0.15) is 0 Å². The van der Waals surface area contributed by atoms with Crippen LogP contribution in [-0.2, 0) is 11.2 Å². The van der Waals surface area contributed by atoms with Crippen LogP contribution in [0.1, 0.15) is 48.8 Å². The summed E-state index contributed by atoms with van der Waals surface area (Å²) in [5, 5.41) is 0. The molecule has 0 amide bonds. The van der Waals surface area contributed by atoms with Gasteiger partial charge < -0.3 is 4.74 Å². The number of thiazole rings is 1. The van der Waals surface area contributed by atoms with Crippen molar-refractivity contribution in [2.24, 2.45) is 4.99 Å². The van der Waals surface area contributed by atoms with Crippen molar-refractivity contribution >= 4 is 28.9 Å². The van der Waals surface area contributed by atoms with Gasteiger partial charge in [0.25, 0.3) is 0 Å². The second-order valence-corrected chi connectivity index (χ2v) is 6.47. The first kappa shape index (κ1) is 18.1. The fourth-order valence-electron chi connectivity index (χ4n) is 2.14. The summed E-state index contributed by atoms with van der Waals surface area (Å²) in [7, 11) is 0. The predicted octanol–water partition coefficient (Wildman–Crippen LogP) is 4.02. The maximum absolute atomic E-state index is 12.3. The summed E-state index contributed by atoms with van der Waals surface area (Å²) in [6.45, 7) is 7.41. The first-order valence-corrected chi connectivity index (χ1v) is 8.91. The van der Waals surface area contributed by atoms with Gasteiger partial charge in [0.2, 0.25) is 11.8 Å². The van der Waals surface area contributed by atoms with Crippen molar-refractivity contribution in [1.29, 1.82) is 0 Å². The third kappa shape index (κ3) is 4.00. The number of carbonyl (C=O) groups excluding carboxylic acids is 2. The van der Waals surface area contributed by atoms with Gasteiger partial charge in [-0.1, -0.05) is 44.2 Å². The fourth-order valence-corrected chi connectivity index (χ4v) is 3.06. The van der Waals surface area contributed by atoms with Crippen LogP contribution in [0.25, 0.3) is 0 Å². The van der Waals surface area contributed by atoms with Crippen molar-refractivity contribution in [3.8, 4) is 5.88 Å². The first-order chi connectivity index (χ1) is 11.5. The number of hydrogen-bond donors (Lipinski definition) is 0. The van der Waals surface area contributed by atoms with Crippen molar-refractivity contribution in [2.45, 2.75) is 47.0 Å². The molecule has 0 fully saturated rings. The summed E-state index contributed by atoms with van der Waals surface area (Å²) >= 11 is 1.34. The van der Waals surface area contributed by atoms with Crippen LogP contribution in [0.5, 0.6) is 5.88 Å². The minimum Gasteiger partial charge on any atom is -0.408 e. The number of rotatable bonds is 5. The van der Waals surface area contributed by atoms with Crippen molar-refractivity contribution in [2.75, 3.05) is 0 Å². The molecule has 2 rings (SSSR count). The molecule has 1 aromatic carbocycles. The highest BCUT2D eigenvalue weighted by Crippen LogP contribution is 2.22. The number of nitrogens with zero attached hydrogens (tertiary/aromatic N) is 2. The van der Waals surface area contributed by atoms with E-state index in [2.05, 4.69) is 11.9 Å². The number of hydrogen-bond acceptors (Lipinski definition) is 5. The summed E-state index contributed by atoms with van der Waals surface area (Å²) in [5.41, 5.74) is 1.99. The van der Waals surface area contributed by atoms with Crippen LogP contribution in [0.3, 0.4) is 0 Å². The van der Waals surface area contributed by atoms with Crippen molar-refractivity contribution in [3.63, 3.8) is 0 Å². The SMILES string of the molecule is CCC(=O)Oc1c(C)sc(=Nc2ccc(CC)cc2)n1C(=O)CC. The topological polar surface area (TPSA) is 60.7 Å². The Labute approximate surface area is 145 Å². The molecule has 5 nitrogen and oxygen atoms in total. The maximum atomic E-state index is 12.3. The molecule has 0 unspecified atom stereocenters. The summed E-state index contributed by atoms with van der Waals surface area (Å²) in [6, 6.07) is 7.88. The Morgan fingerprint density at radius 3 is 2.33 bits per heavy atom. The van der Waals surface area contributed by atoms with E-state index in [1.54, 1.807) is 13.8 Å². The quantitative estimate of drug-likeness (QED) is 0.768. The van der Waals surface area contributed by atoms with E-state index in [0.29, 0.717) is 11.2 Å². The highest BCUT2D eigenvalue weighted by atomic mass is 32.1. The molecule has 6 heteroatoms. The second-order valence-electron chi connectivity index (χ2n) is 5.29. The lowest BCUT2D eigenvalue weighted by Crippen LogP contribution is -2.24. The lowest BCUT2D eigenvalue weighted by Gasteiger charge is -2.07. The van der Waals surface area contributed by atoms with Gasteiger partial charge >= 0.3 is 5.97 Å². The van der Waals surface area contributed by atoms with Gasteiger partial charge in [-0.05, 0) is 31.0 Å². The van der Waals surface area contributed by atoms with E-state index in [1.165, 1.54) is 21.5 Å². The normalized spacial score (nSPS) is 11.6. The Bertz CT molecular complexity index is 801. The van der Waals surface area contributed by atoms with Gasteiger partial charge in [-0.25, -0.2) is 9.56 Å². The van der Waals surface area contributed by atoms with Crippen LogP contribution < -0.4 is 9.54 Å². The first-order valence-electron chi connectivity index (χ1n) is 8.10. The van der Waals surface area contributed by atoms with Gasteiger partial charge in [0.15, 0.2) is 4.80 Å². The van der Waals surface area contributed by atoms with Crippen LogP contribution in [0.2, 0.25) is 0 Å². The molecule has 0 saturated carbocycles. The number of aromatic nitrogens is 1. The highest BCUT2D eigenvalue weighted by Gasteiger charge is 2.19.